The SMILES string of the molecule is c1ccc2c(c1)cc1c3c2oc2ccc4cccc(c4c23)n2c3ccccc3nc12. The van der Waals surface area contributed by atoms with Crippen LogP contribution in [0.25, 0.3) is 71.1 Å². The molecule has 0 spiro atoms. The monoisotopic (exact) mass is 382 g/mol. The highest BCUT2D eigenvalue weighted by atomic mass is 16.3. The Morgan fingerprint density at radius 1 is 0.633 bits per heavy atom. The largest absolute Gasteiger partial charge is 0.455 e. The van der Waals surface area contributed by atoms with E-state index in [1.165, 1.54) is 21.5 Å². The predicted molar refractivity (Wildman–Crippen MR) is 124 cm³/mol. The van der Waals surface area contributed by atoms with Crippen molar-refractivity contribution in [3.8, 4) is 0 Å². The summed E-state index contributed by atoms with van der Waals surface area (Å²) < 4.78 is 8.82. The van der Waals surface area contributed by atoms with E-state index in [4.69, 9.17) is 9.40 Å². The van der Waals surface area contributed by atoms with Gasteiger partial charge in [0, 0.05) is 26.9 Å². The first-order valence-corrected chi connectivity index (χ1v) is 10.2. The highest BCUT2D eigenvalue weighted by Crippen LogP contribution is 2.44. The number of imidazole rings is 1. The van der Waals surface area contributed by atoms with Gasteiger partial charge in [-0.25, -0.2) is 4.98 Å². The van der Waals surface area contributed by atoms with Crippen molar-refractivity contribution in [3.05, 3.63) is 84.9 Å². The van der Waals surface area contributed by atoms with Gasteiger partial charge in [0.2, 0.25) is 0 Å². The van der Waals surface area contributed by atoms with Crippen molar-refractivity contribution in [1.29, 1.82) is 0 Å². The lowest BCUT2D eigenvalue weighted by molar-refractivity contribution is 0.673. The number of fused-ring (bicyclic) bond motifs is 7. The van der Waals surface area contributed by atoms with Gasteiger partial charge in [-0.1, -0.05) is 54.6 Å². The molecule has 8 aromatic rings. The molecule has 3 heteroatoms. The normalized spacial score (nSPS) is 12.7. The summed E-state index contributed by atoms with van der Waals surface area (Å²) in [5.74, 6) is 0. The lowest BCUT2D eigenvalue weighted by Gasteiger charge is -2.03. The van der Waals surface area contributed by atoms with E-state index in [0.29, 0.717) is 0 Å². The van der Waals surface area contributed by atoms with Crippen LogP contribution in [0.4, 0.5) is 0 Å². The van der Waals surface area contributed by atoms with E-state index < -0.39 is 0 Å². The van der Waals surface area contributed by atoms with E-state index in [0.717, 1.165) is 49.5 Å². The number of furan rings is 1. The molecule has 0 N–H and O–H groups in total. The summed E-state index contributed by atoms with van der Waals surface area (Å²) in [4.78, 5) is 5.10. The van der Waals surface area contributed by atoms with E-state index in [1.807, 2.05) is 0 Å². The van der Waals surface area contributed by atoms with Gasteiger partial charge in [-0.2, -0.15) is 0 Å². The highest BCUT2D eigenvalue weighted by Gasteiger charge is 2.21. The van der Waals surface area contributed by atoms with E-state index in [2.05, 4.69) is 89.3 Å². The van der Waals surface area contributed by atoms with Crippen molar-refractivity contribution in [1.82, 2.24) is 9.38 Å². The van der Waals surface area contributed by atoms with Crippen LogP contribution in [0.3, 0.4) is 0 Å². The first-order chi connectivity index (χ1) is 14.9. The zero-order valence-electron chi connectivity index (χ0n) is 15.9. The number of benzene rings is 5. The van der Waals surface area contributed by atoms with Gasteiger partial charge in [0.25, 0.3) is 0 Å². The summed E-state index contributed by atoms with van der Waals surface area (Å²) in [5, 5.41) is 8.23. The molecular weight excluding hydrogens is 368 g/mol. The second kappa shape index (κ2) is 4.89. The Hall–Kier alpha value is -4.11. The van der Waals surface area contributed by atoms with Crippen LogP contribution in [0.1, 0.15) is 0 Å². The van der Waals surface area contributed by atoms with Gasteiger partial charge in [-0.3, -0.25) is 4.40 Å². The van der Waals surface area contributed by atoms with Crippen molar-refractivity contribution < 1.29 is 4.42 Å². The standard InChI is InChI=1S/C27H14N2O/c1-2-8-17-16(6-1)14-18-24-25-22(30-26(17)24)13-12-15-7-5-11-21(23(15)25)29-20-10-4-3-9-19(20)28-27(18)29/h1-14H. The maximum absolute atomic E-state index is 6.50. The summed E-state index contributed by atoms with van der Waals surface area (Å²) in [6, 6.07) is 29.9. The Kier molecular flexibility index (Phi) is 2.42. The average molecular weight is 382 g/mol. The predicted octanol–water partition coefficient (Wildman–Crippen LogP) is 7.28. The van der Waals surface area contributed by atoms with Gasteiger partial charge >= 0.3 is 0 Å². The molecule has 3 aromatic heterocycles. The molecule has 0 fully saturated rings. The number of rotatable bonds is 0. The second-order valence-electron chi connectivity index (χ2n) is 8.02. The van der Waals surface area contributed by atoms with Gasteiger partial charge in [0.05, 0.1) is 16.6 Å². The summed E-state index contributed by atoms with van der Waals surface area (Å²) in [6.07, 6.45) is 0. The molecule has 0 saturated heterocycles. The molecule has 0 atom stereocenters. The smallest absolute Gasteiger partial charge is 0.146 e. The quantitative estimate of drug-likeness (QED) is 0.276. The molecule has 0 aliphatic heterocycles. The Morgan fingerprint density at radius 2 is 1.47 bits per heavy atom. The summed E-state index contributed by atoms with van der Waals surface area (Å²) in [6.45, 7) is 0. The minimum Gasteiger partial charge on any atom is -0.455 e. The molecular formula is C27H14N2O. The highest BCUT2D eigenvalue weighted by molar-refractivity contribution is 6.33. The molecule has 0 bridgehead atoms. The summed E-state index contributed by atoms with van der Waals surface area (Å²) in [5.41, 5.74) is 6.13. The Morgan fingerprint density at radius 3 is 2.47 bits per heavy atom. The van der Waals surface area contributed by atoms with Crippen LogP contribution in [-0.4, -0.2) is 9.38 Å². The number of hydrogen-bond acceptors (Lipinski definition) is 2. The van der Waals surface area contributed by atoms with E-state index in [-0.39, 0.29) is 0 Å². The van der Waals surface area contributed by atoms with Crippen LogP contribution >= 0.6 is 0 Å². The number of hydrogen-bond donors (Lipinski definition) is 0. The third-order valence-corrected chi connectivity index (χ3v) is 6.49. The van der Waals surface area contributed by atoms with Gasteiger partial charge in [0.15, 0.2) is 0 Å². The fraction of sp³-hybridized carbons (Fsp3) is 0. The molecule has 0 radical (unpaired) electrons. The molecule has 0 unspecified atom stereocenters. The van der Waals surface area contributed by atoms with Crippen LogP contribution in [-0.2, 0) is 0 Å². The van der Waals surface area contributed by atoms with E-state index in [9.17, 15) is 0 Å². The number of aromatic nitrogens is 2. The van der Waals surface area contributed by atoms with Crippen LogP contribution in [0.2, 0.25) is 0 Å². The third-order valence-electron chi connectivity index (χ3n) is 6.49. The molecule has 0 amide bonds. The number of nitrogens with zero attached hydrogens (tertiary/aromatic N) is 2. The van der Waals surface area contributed by atoms with Gasteiger partial charge < -0.3 is 4.42 Å². The summed E-state index contributed by atoms with van der Waals surface area (Å²) >= 11 is 0. The van der Waals surface area contributed by atoms with Crippen molar-refractivity contribution in [3.63, 3.8) is 0 Å². The van der Waals surface area contributed by atoms with Crippen LogP contribution in [0.15, 0.2) is 89.3 Å². The zero-order chi connectivity index (χ0) is 19.4. The number of para-hydroxylation sites is 2. The molecule has 30 heavy (non-hydrogen) atoms. The van der Waals surface area contributed by atoms with Crippen molar-refractivity contribution in [2.24, 2.45) is 0 Å². The maximum atomic E-state index is 6.50. The minimum atomic E-state index is 0.928. The average Bonchev–Trinajstić information content (AvgIpc) is 3.34. The molecule has 5 aromatic carbocycles. The second-order valence-corrected chi connectivity index (χ2v) is 8.02. The lowest BCUT2D eigenvalue weighted by atomic mass is 9.99. The van der Waals surface area contributed by atoms with Crippen LogP contribution in [0.5, 0.6) is 0 Å². The Balaban J connectivity index is 1.90. The Bertz CT molecular complexity index is 1960. The molecule has 3 heterocycles. The van der Waals surface area contributed by atoms with E-state index in [1.54, 1.807) is 0 Å². The third kappa shape index (κ3) is 1.58. The van der Waals surface area contributed by atoms with Crippen molar-refractivity contribution in [2.45, 2.75) is 0 Å². The fourth-order valence-electron chi connectivity index (χ4n) is 5.27. The van der Waals surface area contributed by atoms with Crippen LogP contribution < -0.4 is 0 Å². The molecule has 3 nitrogen and oxygen atoms in total. The fourth-order valence-corrected chi connectivity index (χ4v) is 5.27. The van der Waals surface area contributed by atoms with Gasteiger partial charge in [-0.05, 0) is 41.1 Å². The molecule has 0 aliphatic carbocycles. The molecule has 0 saturated carbocycles. The van der Waals surface area contributed by atoms with E-state index >= 15 is 0 Å². The first-order valence-electron chi connectivity index (χ1n) is 10.2. The van der Waals surface area contributed by atoms with Gasteiger partial charge in [0.1, 0.15) is 16.8 Å². The lowest BCUT2D eigenvalue weighted by Crippen LogP contribution is -1.85. The minimum absolute atomic E-state index is 0.928. The zero-order valence-corrected chi connectivity index (χ0v) is 15.9. The molecule has 8 rings (SSSR count). The van der Waals surface area contributed by atoms with Crippen LogP contribution in [0, 0.1) is 0 Å². The first kappa shape index (κ1) is 14.8. The Labute approximate surface area is 170 Å². The molecule has 138 valence electrons. The van der Waals surface area contributed by atoms with Crippen molar-refractivity contribution >= 4 is 71.1 Å². The summed E-state index contributed by atoms with van der Waals surface area (Å²) in [7, 11) is 0. The van der Waals surface area contributed by atoms with Crippen molar-refractivity contribution in [2.75, 3.05) is 0 Å². The van der Waals surface area contributed by atoms with Gasteiger partial charge in [-0.15, -0.1) is 0 Å². The topological polar surface area (TPSA) is 30.4 Å². The maximum Gasteiger partial charge on any atom is 0.146 e. The molecule has 0 aliphatic rings.